The number of rotatable bonds is 4. The van der Waals surface area contributed by atoms with Crippen molar-refractivity contribution in [2.24, 2.45) is 5.84 Å². The Bertz CT molecular complexity index is 234. The largest absolute Gasteiger partial charge is 0.342 e. The van der Waals surface area contributed by atoms with Crippen molar-refractivity contribution in [3.8, 4) is 0 Å². The lowest BCUT2D eigenvalue weighted by Crippen LogP contribution is -2.33. The Morgan fingerprint density at radius 2 is 1.77 bits per heavy atom. The summed E-state index contributed by atoms with van der Waals surface area (Å²) in [6.07, 6.45) is -0.0377. The lowest BCUT2D eigenvalue weighted by molar-refractivity contribution is -0.142. The second-order valence-electron chi connectivity index (χ2n) is 2.98. The third kappa shape index (κ3) is 3.71. The molecule has 0 spiro atoms. The van der Waals surface area contributed by atoms with E-state index in [0.29, 0.717) is 5.70 Å². The first-order chi connectivity index (χ1) is 5.86. The Hall–Kier alpha value is -1.36. The van der Waals surface area contributed by atoms with Crippen LogP contribution >= 0.6 is 0 Å². The zero-order valence-electron chi connectivity index (χ0n) is 8.20. The number of carbonyl (C=O) groups is 2. The van der Waals surface area contributed by atoms with Gasteiger partial charge in [-0.25, -0.2) is 5.84 Å². The number of nitrogens with zero attached hydrogens (tertiary/aromatic N) is 2. The number of likely N-dealkylation sites (N-methyl/N-ethyl adjacent to an activating group) is 1. The summed E-state index contributed by atoms with van der Waals surface area (Å²) in [4.78, 5) is 23.5. The predicted octanol–water partition coefficient (Wildman–Crippen LogP) is -0.647. The third-order valence-electron chi connectivity index (χ3n) is 1.51. The molecule has 0 atom stereocenters. The van der Waals surface area contributed by atoms with Crippen molar-refractivity contribution in [2.75, 3.05) is 21.1 Å². The summed E-state index contributed by atoms with van der Waals surface area (Å²) < 4.78 is 0. The van der Waals surface area contributed by atoms with Gasteiger partial charge in [-0.2, -0.15) is 0 Å². The van der Waals surface area contributed by atoms with E-state index >= 15 is 0 Å². The van der Waals surface area contributed by atoms with Crippen molar-refractivity contribution in [3.05, 3.63) is 12.3 Å². The normalized spacial score (nSPS) is 9.23. The van der Waals surface area contributed by atoms with Gasteiger partial charge in [0.25, 0.3) is 5.91 Å². The molecular formula is C8H15N3O2. The van der Waals surface area contributed by atoms with E-state index in [1.165, 1.54) is 24.0 Å². The molecule has 0 heterocycles. The lowest BCUT2D eigenvalue weighted by atomic mass is 10.2. The van der Waals surface area contributed by atoms with Crippen molar-refractivity contribution in [1.29, 1.82) is 0 Å². The van der Waals surface area contributed by atoms with E-state index in [0.717, 1.165) is 0 Å². The van der Waals surface area contributed by atoms with Gasteiger partial charge in [0.1, 0.15) is 0 Å². The van der Waals surface area contributed by atoms with Crippen LogP contribution < -0.4 is 5.84 Å². The monoisotopic (exact) mass is 185 g/mol. The highest BCUT2D eigenvalue weighted by atomic mass is 16.2. The van der Waals surface area contributed by atoms with E-state index in [2.05, 4.69) is 6.58 Å². The maximum Gasteiger partial charge on any atom is 0.289 e. The van der Waals surface area contributed by atoms with E-state index < -0.39 is 11.7 Å². The van der Waals surface area contributed by atoms with Gasteiger partial charge < -0.3 is 9.91 Å². The topological polar surface area (TPSA) is 66.6 Å². The van der Waals surface area contributed by atoms with Crippen LogP contribution in [0.5, 0.6) is 0 Å². The SMILES string of the molecule is C=C(CC(=O)C(=O)N(C)C)N(C)N. The minimum Gasteiger partial charge on any atom is -0.342 e. The van der Waals surface area contributed by atoms with Gasteiger partial charge in [-0.3, -0.25) is 9.59 Å². The number of allylic oxidation sites excluding steroid dienone is 1. The van der Waals surface area contributed by atoms with Crippen LogP contribution in [0.1, 0.15) is 6.42 Å². The van der Waals surface area contributed by atoms with Crippen molar-refractivity contribution in [3.63, 3.8) is 0 Å². The van der Waals surface area contributed by atoms with Crippen LogP contribution in [0, 0.1) is 0 Å². The third-order valence-corrected chi connectivity index (χ3v) is 1.51. The van der Waals surface area contributed by atoms with Crippen LogP contribution in [0.4, 0.5) is 0 Å². The van der Waals surface area contributed by atoms with Crippen LogP contribution in [0.15, 0.2) is 12.3 Å². The van der Waals surface area contributed by atoms with Crippen molar-refractivity contribution >= 4 is 11.7 Å². The Balaban J connectivity index is 4.17. The molecule has 0 saturated heterocycles. The first kappa shape index (κ1) is 11.6. The fourth-order valence-electron chi connectivity index (χ4n) is 0.635. The van der Waals surface area contributed by atoms with E-state index in [1.54, 1.807) is 7.05 Å². The molecule has 0 aliphatic carbocycles. The van der Waals surface area contributed by atoms with Crippen LogP contribution in [0.25, 0.3) is 0 Å². The molecule has 5 nitrogen and oxygen atoms in total. The number of hydrazine groups is 1. The van der Waals surface area contributed by atoms with E-state index in [4.69, 9.17) is 5.84 Å². The zero-order chi connectivity index (χ0) is 10.6. The van der Waals surface area contributed by atoms with Gasteiger partial charge in [0.15, 0.2) is 0 Å². The van der Waals surface area contributed by atoms with Gasteiger partial charge >= 0.3 is 0 Å². The minimum absolute atomic E-state index is 0.0377. The minimum atomic E-state index is -0.539. The van der Waals surface area contributed by atoms with Crippen LogP contribution in [0.2, 0.25) is 0 Å². The molecule has 0 fully saturated rings. The van der Waals surface area contributed by atoms with Gasteiger partial charge in [-0.15, -0.1) is 0 Å². The van der Waals surface area contributed by atoms with Gasteiger partial charge in [-0.05, 0) is 0 Å². The molecule has 0 aromatic heterocycles. The van der Waals surface area contributed by atoms with E-state index in [9.17, 15) is 9.59 Å². The summed E-state index contributed by atoms with van der Waals surface area (Å²) in [7, 11) is 4.61. The van der Waals surface area contributed by atoms with Crippen LogP contribution in [0.3, 0.4) is 0 Å². The highest BCUT2D eigenvalue weighted by molar-refractivity contribution is 6.36. The number of ketones is 1. The summed E-state index contributed by atoms with van der Waals surface area (Å²) in [6.45, 7) is 3.55. The molecule has 74 valence electrons. The number of Topliss-reactive ketones (excluding diaryl/α,β-unsaturated/α-hetero) is 1. The van der Waals surface area contributed by atoms with Crippen LogP contribution in [-0.2, 0) is 9.59 Å². The predicted molar refractivity (Wildman–Crippen MR) is 49.4 cm³/mol. The Labute approximate surface area is 77.8 Å². The molecule has 0 rings (SSSR count). The van der Waals surface area contributed by atoms with Gasteiger partial charge in [0.05, 0.1) is 6.42 Å². The fourth-order valence-corrected chi connectivity index (χ4v) is 0.635. The average molecular weight is 185 g/mol. The smallest absolute Gasteiger partial charge is 0.289 e. The maximum atomic E-state index is 11.2. The van der Waals surface area contributed by atoms with Gasteiger partial charge in [-0.1, -0.05) is 6.58 Å². The van der Waals surface area contributed by atoms with Gasteiger partial charge in [0, 0.05) is 26.8 Å². The average Bonchev–Trinajstić information content (AvgIpc) is 2.02. The summed E-state index contributed by atoms with van der Waals surface area (Å²) in [5.74, 6) is 4.27. The van der Waals surface area contributed by atoms with Crippen molar-refractivity contribution < 1.29 is 9.59 Å². The lowest BCUT2D eigenvalue weighted by Gasteiger charge is -2.15. The fraction of sp³-hybridized carbons (Fsp3) is 0.500. The molecule has 2 N–H and O–H groups in total. The summed E-state index contributed by atoms with van der Waals surface area (Å²) in [6, 6.07) is 0. The molecule has 0 aromatic carbocycles. The number of carbonyl (C=O) groups excluding carboxylic acids is 2. The molecule has 0 bridgehead atoms. The summed E-state index contributed by atoms with van der Waals surface area (Å²) in [5, 5.41) is 1.22. The second kappa shape index (κ2) is 4.61. The molecule has 0 unspecified atom stereocenters. The molecule has 0 aromatic rings. The maximum absolute atomic E-state index is 11.2. The molecule has 0 radical (unpaired) electrons. The zero-order valence-corrected chi connectivity index (χ0v) is 8.20. The molecule has 5 heteroatoms. The van der Waals surface area contributed by atoms with E-state index in [1.807, 2.05) is 0 Å². The second-order valence-corrected chi connectivity index (χ2v) is 2.98. The highest BCUT2D eigenvalue weighted by Crippen LogP contribution is 2.01. The first-order valence-electron chi connectivity index (χ1n) is 3.77. The van der Waals surface area contributed by atoms with Crippen molar-refractivity contribution in [2.45, 2.75) is 6.42 Å². The molecule has 13 heavy (non-hydrogen) atoms. The standard InChI is InChI=1S/C8H15N3O2/c1-6(11(4)9)5-7(12)8(13)10(2)3/h1,5,9H2,2-4H3. The highest BCUT2D eigenvalue weighted by Gasteiger charge is 2.17. The first-order valence-corrected chi connectivity index (χ1v) is 3.77. The van der Waals surface area contributed by atoms with E-state index in [-0.39, 0.29) is 6.42 Å². The number of hydrogen-bond acceptors (Lipinski definition) is 4. The number of nitrogens with two attached hydrogens (primary N) is 1. The summed E-state index contributed by atoms with van der Waals surface area (Å²) in [5.41, 5.74) is 0.417. The molecule has 0 saturated carbocycles. The summed E-state index contributed by atoms with van der Waals surface area (Å²) >= 11 is 0. The number of amides is 1. The van der Waals surface area contributed by atoms with Gasteiger partial charge in [0.2, 0.25) is 5.78 Å². The quantitative estimate of drug-likeness (QED) is 0.359. The molecule has 0 aliphatic heterocycles. The van der Waals surface area contributed by atoms with Crippen LogP contribution in [-0.4, -0.2) is 42.7 Å². The molecule has 0 aliphatic rings. The Morgan fingerprint density at radius 3 is 2.08 bits per heavy atom. The molecule has 1 amide bonds. The number of hydrogen-bond donors (Lipinski definition) is 1. The van der Waals surface area contributed by atoms with Crippen molar-refractivity contribution in [1.82, 2.24) is 9.91 Å². The Kier molecular flexibility index (Phi) is 4.13. The molecular weight excluding hydrogens is 170 g/mol. The Morgan fingerprint density at radius 1 is 1.31 bits per heavy atom.